The number of carbonyl (C=O) groups is 1. The van der Waals surface area contributed by atoms with E-state index in [1.165, 1.54) is 23.3 Å². The van der Waals surface area contributed by atoms with Crippen molar-refractivity contribution in [1.29, 1.82) is 5.26 Å². The smallest absolute Gasteiger partial charge is 0.294 e. The fourth-order valence-electron chi connectivity index (χ4n) is 1.49. The normalized spacial score (nSPS) is 10.2. The first-order chi connectivity index (χ1) is 9.02. The molecule has 2 aromatic rings. The maximum atomic E-state index is 11.6. The molecule has 0 aliphatic heterocycles. The van der Waals surface area contributed by atoms with E-state index >= 15 is 0 Å². The van der Waals surface area contributed by atoms with Crippen molar-refractivity contribution >= 4 is 17.5 Å². The average Bonchev–Trinajstić information content (AvgIpc) is 2.70. The fourth-order valence-corrected chi connectivity index (χ4v) is 2.50. The molecule has 0 atom stereocenters. The van der Waals surface area contributed by atoms with Gasteiger partial charge in [-0.1, -0.05) is 0 Å². The maximum Gasteiger partial charge on any atom is 0.343 e. The van der Waals surface area contributed by atoms with E-state index in [2.05, 4.69) is 10.2 Å². The van der Waals surface area contributed by atoms with Gasteiger partial charge in [-0.3, -0.25) is 9.36 Å². The molecule has 0 fully saturated rings. The van der Waals surface area contributed by atoms with Gasteiger partial charge in [0, 0.05) is 17.5 Å². The van der Waals surface area contributed by atoms with Crippen molar-refractivity contribution in [2.75, 3.05) is 0 Å². The molecule has 2 rings (SSSR count). The largest absolute Gasteiger partial charge is 0.343 e. The summed E-state index contributed by atoms with van der Waals surface area (Å²) in [6.07, 6.45) is 0. The Morgan fingerprint density at radius 2 is 2.26 bits per heavy atom. The zero-order chi connectivity index (χ0) is 14.0. The summed E-state index contributed by atoms with van der Waals surface area (Å²) in [4.78, 5) is 23.4. The van der Waals surface area contributed by atoms with Crippen LogP contribution in [0.2, 0.25) is 0 Å². The van der Waals surface area contributed by atoms with Crippen molar-refractivity contribution in [3.8, 4) is 6.07 Å². The van der Waals surface area contributed by atoms with Crippen molar-refractivity contribution < 1.29 is 4.79 Å². The molecule has 0 radical (unpaired) electrons. The van der Waals surface area contributed by atoms with E-state index in [1.807, 2.05) is 6.07 Å². The van der Waals surface area contributed by atoms with Crippen molar-refractivity contribution in [2.24, 2.45) is 7.05 Å². The molecular formula is C12H10N4O2S. The maximum absolute atomic E-state index is 11.6. The predicted octanol–water partition coefficient (Wildman–Crippen LogP) is 1.33. The molecule has 96 valence electrons. The Labute approximate surface area is 113 Å². The molecule has 0 aliphatic carbocycles. The van der Waals surface area contributed by atoms with Crippen LogP contribution in [0.4, 0.5) is 0 Å². The molecule has 1 N–H and O–H groups in total. The summed E-state index contributed by atoms with van der Waals surface area (Å²) in [6.45, 7) is 1.45. The lowest BCUT2D eigenvalue weighted by molar-refractivity contribution is 0.101. The molecule has 1 aromatic heterocycles. The minimum Gasteiger partial charge on any atom is -0.294 e. The number of rotatable bonds is 3. The van der Waals surface area contributed by atoms with Gasteiger partial charge in [-0.25, -0.2) is 9.89 Å². The number of hydrogen-bond acceptors (Lipinski definition) is 5. The van der Waals surface area contributed by atoms with Crippen LogP contribution in [-0.4, -0.2) is 20.5 Å². The van der Waals surface area contributed by atoms with E-state index in [4.69, 9.17) is 5.26 Å². The predicted molar refractivity (Wildman–Crippen MR) is 69.1 cm³/mol. The van der Waals surface area contributed by atoms with Gasteiger partial charge in [0.2, 0.25) is 0 Å². The number of Topliss-reactive ketones (excluding diaryl/α,β-unsaturated/α-hetero) is 1. The van der Waals surface area contributed by atoms with Gasteiger partial charge < -0.3 is 0 Å². The number of hydrogen-bond donors (Lipinski definition) is 1. The molecule has 0 bridgehead atoms. The fraction of sp³-hybridized carbons (Fsp3) is 0.167. The Kier molecular flexibility index (Phi) is 3.53. The van der Waals surface area contributed by atoms with Crippen molar-refractivity contribution in [1.82, 2.24) is 14.8 Å². The van der Waals surface area contributed by atoms with Crippen LogP contribution in [-0.2, 0) is 7.05 Å². The number of aromatic nitrogens is 3. The molecular weight excluding hydrogens is 264 g/mol. The second-order valence-electron chi connectivity index (χ2n) is 3.85. The summed E-state index contributed by atoms with van der Waals surface area (Å²) in [5, 5.41) is 15.5. The van der Waals surface area contributed by atoms with Gasteiger partial charge in [0.05, 0.1) is 11.6 Å². The second kappa shape index (κ2) is 5.12. The molecule has 6 nitrogen and oxygen atoms in total. The van der Waals surface area contributed by atoms with E-state index in [0.29, 0.717) is 21.2 Å². The van der Waals surface area contributed by atoms with E-state index in [0.717, 1.165) is 0 Å². The zero-order valence-corrected chi connectivity index (χ0v) is 11.1. The first-order valence-corrected chi connectivity index (χ1v) is 6.19. The van der Waals surface area contributed by atoms with Crippen molar-refractivity contribution in [3.63, 3.8) is 0 Å². The number of nitrogens with zero attached hydrogens (tertiary/aromatic N) is 3. The van der Waals surface area contributed by atoms with Gasteiger partial charge in [-0.15, -0.1) is 5.10 Å². The van der Waals surface area contributed by atoms with Crippen LogP contribution in [0.15, 0.2) is 33.0 Å². The first kappa shape index (κ1) is 13.1. The zero-order valence-electron chi connectivity index (χ0n) is 10.3. The SMILES string of the molecule is CC(=O)c1ccc(C#N)cc1Sc1n[nH]c(=O)n1C. The minimum absolute atomic E-state index is 0.104. The quantitative estimate of drug-likeness (QED) is 0.852. The molecule has 0 aliphatic rings. The Morgan fingerprint density at radius 1 is 1.53 bits per heavy atom. The molecule has 19 heavy (non-hydrogen) atoms. The monoisotopic (exact) mass is 274 g/mol. The molecule has 1 aromatic carbocycles. The van der Waals surface area contributed by atoms with Gasteiger partial charge in [0.1, 0.15) is 0 Å². The third-order valence-electron chi connectivity index (χ3n) is 2.53. The Balaban J connectivity index is 2.49. The molecule has 0 amide bonds. The van der Waals surface area contributed by atoms with Crippen LogP contribution in [0.3, 0.4) is 0 Å². The number of nitriles is 1. The molecule has 0 saturated heterocycles. The highest BCUT2D eigenvalue weighted by molar-refractivity contribution is 7.99. The minimum atomic E-state index is -0.330. The van der Waals surface area contributed by atoms with E-state index < -0.39 is 0 Å². The van der Waals surface area contributed by atoms with Crippen LogP contribution in [0.5, 0.6) is 0 Å². The highest BCUT2D eigenvalue weighted by Crippen LogP contribution is 2.29. The lowest BCUT2D eigenvalue weighted by atomic mass is 10.1. The second-order valence-corrected chi connectivity index (χ2v) is 4.86. The number of H-pyrrole nitrogens is 1. The van der Waals surface area contributed by atoms with E-state index in [9.17, 15) is 9.59 Å². The standard InChI is InChI=1S/C12H10N4O2S/c1-7(17)9-4-3-8(6-13)5-10(9)19-12-15-14-11(18)16(12)2/h3-5H,1-2H3,(H,14,18). The Bertz CT molecular complexity index is 739. The van der Waals surface area contributed by atoms with Gasteiger partial charge >= 0.3 is 5.69 Å². The average molecular weight is 274 g/mol. The van der Waals surface area contributed by atoms with E-state index in [1.54, 1.807) is 25.2 Å². The molecule has 0 saturated carbocycles. The van der Waals surface area contributed by atoms with Crippen LogP contribution < -0.4 is 5.69 Å². The van der Waals surface area contributed by atoms with Crippen LogP contribution in [0, 0.1) is 11.3 Å². The van der Waals surface area contributed by atoms with Crippen LogP contribution in [0.25, 0.3) is 0 Å². The number of benzene rings is 1. The van der Waals surface area contributed by atoms with Crippen LogP contribution in [0.1, 0.15) is 22.8 Å². The summed E-state index contributed by atoms with van der Waals surface area (Å²) in [7, 11) is 1.58. The topological polar surface area (TPSA) is 91.5 Å². The summed E-state index contributed by atoms with van der Waals surface area (Å²) < 4.78 is 1.34. The Hall–Kier alpha value is -2.33. The molecule has 1 heterocycles. The lowest BCUT2D eigenvalue weighted by Crippen LogP contribution is -2.12. The van der Waals surface area contributed by atoms with Crippen LogP contribution >= 0.6 is 11.8 Å². The number of nitrogens with one attached hydrogen (secondary N) is 1. The van der Waals surface area contributed by atoms with Crippen molar-refractivity contribution in [2.45, 2.75) is 17.0 Å². The highest BCUT2D eigenvalue weighted by atomic mass is 32.2. The summed E-state index contributed by atoms with van der Waals surface area (Å²) in [5.41, 5.74) is 0.621. The summed E-state index contributed by atoms with van der Waals surface area (Å²) in [6, 6.07) is 6.82. The van der Waals surface area contributed by atoms with Gasteiger partial charge in [0.25, 0.3) is 0 Å². The van der Waals surface area contributed by atoms with Crippen molar-refractivity contribution in [3.05, 3.63) is 39.8 Å². The van der Waals surface area contributed by atoms with Gasteiger partial charge in [-0.05, 0) is 36.9 Å². The molecule has 0 unspecified atom stereocenters. The highest BCUT2D eigenvalue weighted by Gasteiger charge is 2.13. The Morgan fingerprint density at radius 3 is 2.79 bits per heavy atom. The summed E-state index contributed by atoms with van der Waals surface area (Å²) in [5.74, 6) is -0.104. The third kappa shape index (κ3) is 2.58. The number of ketones is 1. The lowest BCUT2D eigenvalue weighted by Gasteiger charge is -2.06. The molecule has 7 heteroatoms. The third-order valence-corrected chi connectivity index (χ3v) is 3.64. The first-order valence-electron chi connectivity index (χ1n) is 5.37. The van der Waals surface area contributed by atoms with Gasteiger partial charge in [0.15, 0.2) is 10.9 Å². The number of aromatic amines is 1. The number of carbonyl (C=O) groups excluding carboxylic acids is 1. The summed E-state index contributed by atoms with van der Waals surface area (Å²) >= 11 is 1.17. The molecule has 0 spiro atoms. The van der Waals surface area contributed by atoms with Gasteiger partial charge in [-0.2, -0.15) is 5.26 Å². The van der Waals surface area contributed by atoms with E-state index in [-0.39, 0.29) is 11.5 Å².